The van der Waals surface area contributed by atoms with Gasteiger partial charge in [0, 0.05) is 5.69 Å². The van der Waals surface area contributed by atoms with E-state index < -0.39 is 0 Å². The van der Waals surface area contributed by atoms with Crippen molar-refractivity contribution in [1.82, 2.24) is 0 Å². The zero-order valence-electron chi connectivity index (χ0n) is 20.3. The molecule has 1 N–H and O–H groups in total. The van der Waals surface area contributed by atoms with E-state index in [0.29, 0.717) is 29.3 Å². The van der Waals surface area contributed by atoms with Crippen LogP contribution in [0.5, 0.6) is 5.75 Å². The summed E-state index contributed by atoms with van der Waals surface area (Å²) >= 11 is 0. The van der Waals surface area contributed by atoms with Crippen molar-refractivity contribution in [3.8, 4) is 5.75 Å². The summed E-state index contributed by atoms with van der Waals surface area (Å²) < 4.78 is 5.79. The highest BCUT2D eigenvalue weighted by Crippen LogP contribution is 2.35. The molecule has 2 amide bonds. The van der Waals surface area contributed by atoms with Crippen LogP contribution in [-0.4, -0.2) is 18.4 Å². The van der Waals surface area contributed by atoms with E-state index >= 15 is 0 Å². The zero-order chi connectivity index (χ0) is 24.4. The average Bonchev–Trinajstić information content (AvgIpc) is 3.05. The number of hydrogen-bond donors (Lipinski definition) is 1. The van der Waals surface area contributed by atoms with Crippen molar-refractivity contribution < 1.29 is 14.3 Å². The lowest BCUT2D eigenvalue weighted by Crippen LogP contribution is -2.32. The van der Waals surface area contributed by atoms with Crippen molar-refractivity contribution >= 4 is 28.8 Å². The Morgan fingerprint density at radius 2 is 1.47 bits per heavy atom. The second kappa shape index (κ2) is 9.56. The molecular weight excluding hydrogens is 424 g/mol. The van der Waals surface area contributed by atoms with Crippen molar-refractivity contribution in [2.45, 2.75) is 34.6 Å². The Balaban J connectivity index is 1.76. The number of carbonyl (C=O) groups is 2. The van der Waals surface area contributed by atoms with Crippen LogP contribution < -0.4 is 15.0 Å². The highest BCUT2D eigenvalue weighted by molar-refractivity contribution is 6.46. The molecule has 3 aromatic rings. The molecule has 1 heterocycles. The minimum Gasteiger partial charge on any atom is -0.493 e. The fourth-order valence-corrected chi connectivity index (χ4v) is 3.83. The van der Waals surface area contributed by atoms with Crippen LogP contribution in [0.2, 0.25) is 0 Å². The number of rotatable bonds is 7. The quantitative estimate of drug-likeness (QED) is 0.442. The van der Waals surface area contributed by atoms with Gasteiger partial charge in [-0.2, -0.15) is 0 Å². The third-order valence-electron chi connectivity index (χ3n) is 5.76. The first-order valence-corrected chi connectivity index (χ1v) is 11.5. The molecule has 4 rings (SSSR count). The van der Waals surface area contributed by atoms with E-state index in [1.807, 2.05) is 75.4 Å². The Morgan fingerprint density at radius 1 is 0.824 bits per heavy atom. The summed E-state index contributed by atoms with van der Waals surface area (Å²) in [5, 5.41) is 3.28. The number of benzene rings is 3. The fourth-order valence-electron chi connectivity index (χ4n) is 3.83. The molecular formula is C29H30N2O3. The van der Waals surface area contributed by atoms with E-state index in [9.17, 15) is 9.59 Å². The molecule has 174 valence electrons. The van der Waals surface area contributed by atoms with Crippen LogP contribution in [0.25, 0.3) is 5.57 Å². The number of carbonyl (C=O) groups excluding carboxylic acids is 2. The fraction of sp³-hybridized carbons (Fsp3) is 0.241. The van der Waals surface area contributed by atoms with E-state index in [1.165, 1.54) is 4.90 Å². The lowest BCUT2D eigenvalue weighted by atomic mass is 10.0. The van der Waals surface area contributed by atoms with Gasteiger partial charge in [-0.15, -0.1) is 0 Å². The molecule has 0 aliphatic carbocycles. The van der Waals surface area contributed by atoms with Gasteiger partial charge in [-0.05, 0) is 73.7 Å². The van der Waals surface area contributed by atoms with Gasteiger partial charge in [0.25, 0.3) is 11.8 Å². The number of aryl methyl sites for hydroxylation is 3. The van der Waals surface area contributed by atoms with Gasteiger partial charge in [-0.25, -0.2) is 4.90 Å². The number of nitrogens with zero attached hydrogens (tertiary/aromatic N) is 1. The van der Waals surface area contributed by atoms with E-state index in [0.717, 1.165) is 28.1 Å². The molecule has 0 aromatic heterocycles. The number of amides is 2. The molecule has 0 saturated carbocycles. The molecule has 0 spiro atoms. The molecule has 34 heavy (non-hydrogen) atoms. The van der Waals surface area contributed by atoms with Crippen molar-refractivity contribution in [3.63, 3.8) is 0 Å². The predicted molar refractivity (Wildman–Crippen MR) is 137 cm³/mol. The molecule has 3 aromatic carbocycles. The molecule has 5 heteroatoms. The standard InChI is InChI=1S/C29H30N2O3/c1-18(2)17-34-24-14-10-22(11-15-24)26-27(30-25-16-20(4)6-9-21(25)5)29(33)31(28(26)32)23-12-7-19(3)8-13-23/h6-16,18,30H,17H2,1-5H3. The summed E-state index contributed by atoms with van der Waals surface area (Å²) in [5.41, 5.74) is 5.75. The molecule has 0 radical (unpaired) electrons. The van der Waals surface area contributed by atoms with Crippen LogP contribution >= 0.6 is 0 Å². The number of nitrogens with one attached hydrogen (secondary N) is 1. The minimum atomic E-state index is -0.370. The van der Waals surface area contributed by atoms with E-state index in [2.05, 4.69) is 19.2 Å². The van der Waals surface area contributed by atoms with Gasteiger partial charge in [0.1, 0.15) is 11.4 Å². The van der Waals surface area contributed by atoms with E-state index in [-0.39, 0.29) is 17.5 Å². The summed E-state index contributed by atoms with van der Waals surface area (Å²) in [4.78, 5) is 28.5. The minimum absolute atomic E-state index is 0.273. The maximum absolute atomic E-state index is 13.6. The van der Waals surface area contributed by atoms with Crippen LogP contribution in [0.1, 0.15) is 36.1 Å². The monoisotopic (exact) mass is 454 g/mol. The average molecular weight is 455 g/mol. The number of ether oxygens (including phenoxy) is 1. The summed E-state index contributed by atoms with van der Waals surface area (Å²) in [7, 11) is 0. The summed E-state index contributed by atoms with van der Waals surface area (Å²) in [5.74, 6) is 0.421. The number of imide groups is 1. The predicted octanol–water partition coefficient (Wildman–Crippen LogP) is 6.04. The van der Waals surface area contributed by atoms with Crippen LogP contribution in [0, 0.1) is 26.7 Å². The number of anilines is 2. The van der Waals surface area contributed by atoms with Gasteiger partial charge < -0.3 is 10.1 Å². The third-order valence-corrected chi connectivity index (χ3v) is 5.76. The maximum atomic E-state index is 13.6. The molecule has 0 saturated heterocycles. The first-order chi connectivity index (χ1) is 16.2. The Morgan fingerprint density at radius 3 is 2.12 bits per heavy atom. The Hall–Kier alpha value is -3.86. The smallest absolute Gasteiger partial charge is 0.282 e. The second-order valence-electron chi connectivity index (χ2n) is 9.20. The van der Waals surface area contributed by atoms with E-state index in [1.54, 1.807) is 12.1 Å². The van der Waals surface area contributed by atoms with Crippen LogP contribution in [0.3, 0.4) is 0 Å². The largest absolute Gasteiger partial charge is 0.493 e. The van der Waals surface area contributed by atoms with Gasteiger partial charge >= 0.3 is 0 Å². The highest BCUT2D eigenvalue weighted by Gasteiger charge is 2.40. The van der Waals surface area contributed by atoms with Gasteiger partial charge in [-0.3, -0.25) is 9.59 Å². The van der Waals surface area contributed by atoms with Gasteiger partial charge in [-0.1, -0.05) is 55.8 Å². The Bertz CT molecular complexity index is 1260. The van der Waals surface area contributed by atoms with Gasteiger partial charge in [0.15, 0.2) is 0 Å². The Kier molecular flexibility index (Phi) is 6.55. The summed E-state index contributed by atoms with van der Waals surface area (Å²) in [6, 6.07) is 20.7. The highest BCUT2D eigenvalue weighted by atomic mass is 16.5. The third kappa shape index (κ3) is 4.74. The van der Waals surface area contributed by atoms with Gasteiger partial charge in [0.05, 0.1) is 17.9 Å². The zero-order valence-corrected chi connectivity index (χ0v) is 20.3. The Labute approximate surface area is 201 Å². The van der Waals surface area contributed by atoms with Crippen molar-refractivity contribution in [2.24, 2.45) is 5.92 Å². The topological polar surface area (TPSA) is 58.6 Å². The first kappa shape index (κ1) is 23.3. The van der Waals surface area contributed by atoms with Crippen LogP contribution in [0.4, 0.5) is 11.4 Å². The van der Waals surface area contributed by atoms with Crippen molar-refractivity contribution in [2.75, 3.05) is 16.8 Å². The van der Waals surface area contributed by atoms with Crippen LogP contribution in [0.15, 0.2) is 72.4 Å². The van der Waals surface area contributed by atoms with Crippen molar-refractivity contribution in [3.05, 3.63) is 94.7 Å². The van der Waals surface area contributed by atoms with Gasteiger partial charge in [0.2, 0.25) is 0 Å². The summed E-state index contributed by atoms with van der Waals surface area (Å²) in [6.45, 7) is 10.7. The molecule has 0 unspecified atom stereocenters. The normalized spacial score (nSPS) is 13.8. The van der Waals surface area contributed by atoms with Crippen LogP contribution in [-0.2, 0) is 9.59 Å². The lowest BCUT2D eigenvalue weighted by Gasteiger charge is -2.16. The molecule has 0 fully saturated rings. The molecule has 1 aliphatic rings. The number of hydrogen-bond acceptors (Lipinski definition) is 4. The molecule has 5 nitrogen and oxygen atoms in total. The second-order valence-corrected chi connectivity index (χ2v) is 9.20. The maximum Gasteiger partial charge on any atom is 0.282 e. The summed E-state index contributed by atoms with van der Waals surface area (Å²) in [6.07, 6.45) is 0. The molecule has 1 aliphatic heterocycles. The van der Waals surface area contributed by atoms with E-state index in [4.69, 9.17) is 4.74 Å². The molecule has 0 bridgehead atoms. The van der Waals surface area contributed by atoms with Crippen molar-refractivity contribution in [1.29, 1.82) is 0 Å². The first-order valence-electron chi connectivity index (χ1n) is 11.5. The lowest BCUT2D eigenvalue weighted by molar-refractivity contribution is -0.120. The molecule has 0 atom stereocenters. The SMILES string of the molecule is Cc1ccc(N2C(=O)C(Nc3cc(C)ccc3C)=C(c3ccc(OCC(C)C)cc3)C2=O)cc1.